The number of amidine groups is 1. The van der Waals surface area contributed by atoms with Crippen molar-refractivity contribution in [3.05, 3.63) is 70.2 Å². The number of oxime groups is 1. The second-order valence-corrected chi connectivity index (χ2v) is 4.75. The highest BCUT2D eigenvalue weighted by atomic mass is 35.5. The molecular formula is C15H14ClN3O2. The number of rotatable bonds is 4. The largest absolute Gasteiger partial charge is 0.409 e. The Balaban J connectivity index is 2.09. The minimum absolute atomic E-state index is 0.0456. The molecule has 2 aromatic carbocycles. The number of carbonyl (C=O) groups is 1. The second kappa shape index (κ2) is 6.76. The SMILES string of the molecule is N/C(=N\O)c1cccc(C(=O)NCc2ccccc2Cl)c1. The molecule has 2 rings (SSSR count). The fraction of sp³-hybridized carbons (Fsp3) is 0.0667. The number of hydrogen-bond acceptors (Lipinski definition) is 3. The fourth-order valence-electron chi connectivity index (χ4n) is 1.80. The van der Waals surface area contributed by atoms with Crippen molar-refractivity contribution in [2.24, 2.45) is 10.9 Å². The molecule has 6 heteroatoms. The molecule has 2 aromatic rings. The highest BCUT2D eigenvalue weighted by Gasteiger charge is 2.08. The Kier molecular flexibility index (Phi) is 4.79. The topological polar surface area (TPSA) is 87.7 Å². The summed E-state index contributed by atoms with van der Waals surface area (Å²) in [5.74, 6) is -0.307. The number of hydrogen-bond donors (Lipinski definition) is 3. The molecule has 0 aliphatic rings. The lowest BCUT2D eigenvalue weighted by molar-refractivity contribution is 0.0951. The van der Waals surface area contributed by atoms with Crippen LogP contribution in [0.25, 0.3) is 0 Å². The summed E-state index contributed by atoms with van der Waals surface area (Å²) in [5, 5.41) is 14.9. The van der Waals surface area contributed by atoms with Crippen LogP contribution in [0.3, 0.4) is 0 Å². The molecule has 5 nitrogen and oxygen atoms in total. The van der Waals surface area contributed by atoms with Gasteiger partial charge >= 0.3 is 0 Å². The van der Waals surface area contributed by atoms with Crippen LogP contribution in [0.4, 0.5) is 0 Å². The maximum atomic E-state index is 12.1. The van der Waals surface area contributed by atoms with Crippen LogP contribution in [-0.2, 0) is 6.54 Å². The van der Waals surface area contributed by atoms with Crippen molar-refractivity contribution in [3.63, 3.8) is 0 Å². The highest BCUT2D eigenvalue weighted by molar-refractivity contribution is 6.31. The Morgan fingerprint density at radius 2 is 1.90 bits per heavy atom. The molecule has 0 saturated carbocycles. The first-order valence-electron chi connectivity index (χ1n) is 6.21. The summed E-state index contributed by atoms with van der Waals surface area (Å²) < 4.78 is 0. The second-order valence-electron chi connectivity index (χ2n) is 4.34. The summed E-state index contributed by atoms with van der Waals surface area (Å²) in [7, 11) is 0. The van der Waals surface area contributed by atoms with Crippen molar-refractivity contribution in [1.82, 2.24) is 5.32 Å². The highest BCUT2D eigenvalue weighted by Crippen LogP contribution is 2.14. The Morgan fingerprint density at radius 3 is 2.62 bits per heavy atom. The van der Waals surface area contributed by atoms with Gasteiger partial charge in [0.25, 0.3) is 5.91 Å². The van der Waals surface area contributed by atoms with Crippen LogP contribution in [0, 0.1) is 0 Å². The lowest BCUT2D eigenvalue weighted by atomic mass is 10.1. The zero-order chi connectivity index (χ0) is 15.2. The van der Waals surface area contributed by atoms with E-state index in [-0.39, 0.29) is 11.7 Å². The van der Waals surface area contributed by atoms with Crippen molar-refractivity contribution in [2.75, 3.05) is 0 Å². The van der Waals surface area contributed by atoms with Gasteiger partial charge in [0.2, 0.25) is 0 Å². The van der Waals surface area contributed by atoms with Gasteiger partial charge in [-0.2, -0.15) is 0 Å². The van der Waals surface area contributed by atoms with Crippen molar-refractivity contribution < 1.29 is 10.0 Å². The van der Waals surface area contributed by atoms with E-state index in [1.54, 1.807) is 30.3 Å². The maximum Gasteiger partial charge on any atom is 0.251 e. The van der Waals surface area contributed by atoms with Crippen LogP contribution >= 0.6 is 11.6 Å². The van der Waals surface area contributed by atoms with E-state index in [2.05, 4.69) is 10.5 Å². The predicted molar refractivity (Wildman–Crippen MR) is 81.6 cm³/mol. The third-order valence-electron chi connectivity index (χ3n) is 2.93. The average molecular weight is 304 g/mol. The van der Waals surface area contributed by atoms with Crippen molar-refractivity contribution >= 4 is 23.3 Å². The number of nitrogens with one attached hydrogen (secondary N) is 1. The lowest BCUT2D eigenvalue weighted by Gasteiger charge is -2.08. The van der Waals surface area contributed by atoms with Crippen LogP contribution in [-0.4, -0.2) is 17.0 Å². The van der Waals surface area contributed by atoms with Gasteiger partial charge in [0, 0.05) is 22.7 Å². The monoisotopic (exact) mass is 303 g/mol. The average Bonchev–Trinajstić information content (AvgIpc) is 2.53. The number of benzene rings is 2. The van der Waals surface area contributed by atoms with E-state index in [9.17, 15) is 4.79 Å². The van der Waals surface area contributed by atoms with Gasteiger partial charge in [-0.25, -0.2) is 0 Å². The molecule has 21 heavy (non-hydrogen) atoms. The van der Waals surface area contributed by atoms with Gasteiger partial charge in [0.1, 0.15) is 0 Å². The van der Waals surface area contributed by atoms with E-state index in [0.29, 0.717) is 22.7 Å². The Bertz CT molecular complexity index is 686. The lowest BCUT2D eigenvalue weighted by Crippen LogP contribution is -2.23. The number of halogens is 1. The Labute approximate surface area is 127 Å². The van der Waals surface area contributed by atoms with Crippen LogP contribution in [0.2, 0.25) is 5.02 Å². The third kappa shape index (κ3) is 3.73. The molecule has 0 bridgehead atoms. The van der Waals surface area contributed by atoms with Crippen LogP contribution in [0.15, 0.2) is 53.7 Å². The fourth-order valence-corrected chi connectivity index (χ4v) is 2.00. The molecule has 0 saturated heterocycles. The third-order valence-corrected chi connectivity index (χ3v) is 3.29. The molecular weight excluding hydrogens is 290 g/mol. The van der Waals surface area contributed by atoms with E-state index >= 15 is 0 Å². The van der Waals surface area contributed by atoms with Crippen molar-refractivity contribution in [2.45, 2.75) is 6.54 Å². The van der Waals surface area contributed by atoms with Crippen LogP contribution < -0.4 is 11.1 Å². The molecule has 0 spiro atoms. The summed E-state index contributed by atoms with van der Waals surface area (Å²) in [6, 6.07) is 13.8. The van der Waals surface area contributed by atoms with Gasteiger partial charge in [-0.05, 0) is 23.8 Å². The number of nitrogens with two attached hydrogens (primary N) is 1. The van der Waals surface area contributed by atoms with Crippen LogP contribution in [0.5, 0.6) is 0 Å². The van der Waals surface area contributed by atoms with E-state index < -0.39 is 0 Å². The van der Waals surface area contributed by atoms with Crippen molar-refractivity contribution in [3.8, 4) is 0 Å². The van der Waals surface area contributed by atoms with Gasteiger partial charge in [-0.3, -0.25) is 4.79 Å². The minimum atomic E-state index is -0.262. The normalized spacial score (nSPS) is 11.2. The summed E-state index contributed by atoms with van der Waals surface area (Å²) in [6.45, 7) is 0.326. The molecule has 0 radical (unpaired) electrons. The van der Waals surface area contributed by atoms with Gasteiger partial charge in [0.15, 0.2) is 5.84 Å². The summed E-state index contributed by atoms with van der Waals surface area (Å²) in [6.07, 6.45) is 0. The van der Waals surface area contributed by atoms with E-state index in [1.165, 1.54) is 0 Å². The predicted octanol–water partition coefficient (Wildman–Crippen LogP) is 2.36. The Morgan fingerprint density at radius 1 is 1.19 bits per heavy atom. The van der Waals surface area contributed by atoms with Crippen LogP contribution in [0.1, 0.15) is 21.5 Å². The summed E-state index contributed by atoms with van der Waals surface area (Å²) >= 11 is 6.03. The zero-order valence-corrected chi connectivity index (χ0v) is 11.8. The Hall–Kier alpha value is -2.53. The minimum Gasteiger partial charge on any atom is -0.409 e. The number of carbonyl (C=O) groups excluding carboxylic acids is 1. The standard InChI is InChI=1S/C15H14ClN3O2/c16-13-7-2-1-4-12(13)9-18-15(20)11-6-3-5-10(8-11)14(17)19-21/h1-8,21H,9H2,(H2,17,19)(H,18,20). The molecule has 0 unspecified atom stereocenters. The molecule has 0 atom stereocenters. The quantitative estimate of drug-likeness (QED) is 0.351. The van der Waals surface area contributed by atoms with E-state index in [0.717, 1.165) is 5.56 Å². The zero-order valence-electron chi connectivity index (χ0n) is 11.1. The molecule has 4 N–H and O–H groups in total. The smallest absolute Gasteiger partial charge is 0.251 e. The molecule has 1 amide bonds. The van der Waals surface area contributed by atoms with Gasteiger partial charge in [-0.1, -0.05) is 47.1 Å². The molecule has 0 heterocycles. The number of amides is 1. The molecule has 0 aromatic heterocycles. The summed E-state index contributed by atoms with van der Waals surface area (Å²) in [4.78, 5) is 12.1. The van der Waals surface area contributed by atoms with E-state index in [4.69, 9.17) is 22.5 Å². The van der Waals surface area contributed by atoms with Gasteiger partial charge in [0.05, 0.1) is 0 Å². The molecule has 108 valence electrons. The van der Waals surface area contributed by atoms with Gasteiger partial charge < -0.3 is 16.3 Å². The maximum absolute atomic E-state index is 12.1. The molecule has 0 aliphatic heterocycles. The van der Waals surface area contributed by atoms with E-state index in [1.807, 2.05) is 18.2 Å². The molecule has 0 aliphatic carbocycles. The van der Waals surface area contributed by atoms with Gasteiger partial charge in [-0.15, -0.1) is 0 Å². The first kappa shape index (κ1) is 14.9. The van der Waals surface area contributed by atoms with Crippen molar-refractivity contribution in [1.29, 1.82) is 0 Å². The first-order valence-corrected chi connectivity index (χ1v) is 6.59. The number of nitrogens with zero attached hydrogens (tertiary/aromatic N) is 1. The molecule has 0 fully saturated rings. The first-order chi connectivity index (χ1) is 10.1. The summed E-state index contributed by atoms with van der Waals surface area (Å²) in [5.41, 5.74) is 7.23.